The van der Waals surface area contributed by atoms with Gasteiger partial charge < -0.3 is 14.9 Å². The number of rotatable bonds is 6. The number of benzene rings is 3. The summed E-state index contributed by atoms with van der Waals surface area (Å²) in [6.07, 6.45) is 3.74. The standard InChI is InChI=1S/C29H27NO3/c31-18-24-10-6-20(17-30-24)19-33-26-12-7-22(8-13-26)29-27(21-4-2-1-3-5-21)14-9-23-16-25(32)11-15-28(23)29/h1-8,10-13,15-17,27,29,31-32H,9,14,18-19H2/t27-,29+/m1/s1. The zero-order chi connectivity index (χ0) is 22.6. The molecule has 1 heterocycles. The molecule has 0 saturated carbocycles. The Morgan fingerprint density at radius 2 is 1.70 bits per heavy atom. The molecule has 0 amide bonds. The number of hydrogen-bond acceptors (Lipinski definition) is 4. The Morgan fingerprint density at radius 1 is 0.879 bits per heavy atom. The van der Waals surface area contributed by atoms with Gasteiger partial charge in [-0.15, -0.1) is 0 Å². The van der Waals surface area contributed by atoms with Crippen LogP contribution in [0.2, 0.25) is 0 Å². The van der Waals surface area contributed by atoms with Crippen LogP contribution >= 0.6 is 0 Å². The number of aryl methyl sites for hydroxylation is 1. The van der Waals surface area contributed by atoms with Crippen LogP contribution in [-0.2, 0) is 19.6 Å². The summed E-state index contributed by atoms with van der Waals surface area (Å²) in [5, 5.41) is 19.1. The number of nitrogens with zero attached hydrogens (tertiary/aromatic N) is 1. The number of aromatic hydroxyl groups is 1. The first-order chi connectivity index (χ1) is 16.2. The van der Waals surface area contributed by atoms with Gasteiger partial charge in [0.25, 0.3) is 0 Å². The summed E-state index contributed by atoms with van der Waals surface area (Å²) >= 11 is 0. The molecule has 0 bridgehead atoms. The predicted octanol–water partition coefficient (Wildman–Crippen LogP) is 5.72. The zero-order valence-corrected chi connectivity index (χ0v) is 18.4. The Bertz CT molecular complexity index is 1200. The maximum atomic E-state index is 10.0. The van der Waals surface area contributed by atoms with Crippen LogP contribution in [0, 0.1) is 0 Å². The minimum absolute atomic E-state index is 0.0590. The summed E-state index contributed by atoms with van der Waals surface area (Å²) in [6, 6.07) is 28.6. The van der Waals surface area contributed by atoms with Crippen molar-refractivity contribution in [3.8, 4) is 11.5 Å². The predicted molar refractivity (Wildman–Crippen MR) is 128 cm³/mol. The van der Waals surface area contributed by atoms with Gasteiger partial charge in [0, 0.05) is 17.7 Å². The van der Waals surface area contributed by atoms with E-state index in [-0.39, 0.29) is 12.5 Å². The first kappa shape index (κ1) is 21.2. The van der Waals surface area contributed by atoms with Crippen molar-refractivity contribution in [2.45, 2.75) is 37.9 Å². The third-order valence-electron chi connectivity index (χ3n) is 6.51. The monoisotopic (exact) mass is 437 g/mol. The molecule has 0 spiro atoms. The van der Waals surface area contributed by atoms with Gasteiger partial charge >= 0.3 is 0 Å². The van der Waals surface area contributed by atoms with Gasteiger partial charge in [-0.1, -0.05) is 54.6 Å². The molecular formula is C29H27NO3. The molecule has 1 aliphatic carbocycles. The normalized spacial score (nSPS) is 17.4. The molecule has 5 rings (SSSR count). The van der Waals surface area contributed by atoms with E-state index in [1.807, 2.05) is 30.3 Å². The molecule has 0 radical (unpaired) electrons. The molecule has 33 heavy (non-hydrogen) atoms. The van der Waals surface area contributed by atoms with Crippen LogP contribution in [0.15, 0.2) is 91.1 Å². The van der Waals surface area contributed by atoms with Crippen LogP contribution < -0.4 is 4.74 Å². The van der Waals surface area contributed by atoms with Crippen molar-refractivity contribution in [3.05, 3.63) is 125 Å². The number of aliphatic hydroxyl groups excluding tert-OH is 1. The molecule has 1 aliphatic rings. The van der Waals surface area contributed by atoms with Gasteiger partial charge in [0.05, 0.1) is 12.3 Å². The molecule has 0 aliphatic heterocycles. The van der Waals surface area contributed by atoms with Crippen molar-refractivity contribution in [2.75, 3.05) is 0 Å². The minimum Gasteiger partial charge on any atom is -0.508 e. The number of hydrogen-bond donors (Lipinski definition) is 2. The van der Waals surface area contributed by atoms with Crippen molar-refractivity contribution >= 4 is 0 Å². The Labute approximate surface area is 194 Å². The quantitative estimate of drug-likeness (QED) is 0.405. The zero-order valence-electron chi connectivity index (χ0n) is 18.4. The summed E-state index contributed by atoms with van der Waals surface area (Å²) in [4.78, 5) is 4.20. The summed E-state index contributed by atoms with van der Waals surface area (Å²) in [5.74, 6) is 1.74. The van der Waals surface area contributed by atoms with Gasteiger partial charge in [0.1, 0.15) is 18.1 Å². The molecule has 2 N–H and O–H groups in total. The molecule has 0 saturated heterocycles. The number of phenolic OH excluding ortho intramolecular Hbond substituents is 1. The van der Waals surface area contributed by atoms with E-state index < -0.39 is 0 Å². The van der Waals surface area contributed by atoms with Crippen LogP contribution in [0.5, 0.6) is 11.5 Å². The lowest BCUT2D eigenvalue weighted by Gasteiger charge is -2.34. The first-order valence-electron chi connectivity index (χ1n) is 11.4. The third kappa shape index (κ3) is 4.62. The number of aliphatic hydroxyl groups is 1. The lowest BCUT2D eigenvalue weighted by molar-refractivity contribution is 0.276. The highest BCUT2D eigenvalue weighted by atomic mass is 16.5. The molecule has 1 aromatic heterocycles. The van der Waals surface area contributed by atoms with E-state index in [0.29, 0.717) is 24.0 Å². The van der Waals surface area contributed by atoms with E-state index in [2.05, 4.69) is 53.5 Å². The van der Waals surface area contributed by atoms with Gasteiger partial charge in [-0.05, 0) is 71.3 Å². The van der Waals surface area contributed by atoms with Crippen LogP contribution in [0.4, 0.5) is 0 Å². The molecule has 4 aromatic rings. The fraction of sp³-hybridized carbons (Fsp3) is 0.207. The van der Waals surface area contributed by atoms with E-state index in [0.717, 1.165) is 24.2 Å². The second-order valence-electron chi connectivity index (χ2n) is 8.59. The largest absolute Gasteiger partial charge is 0.508 e. The van der Waals surface area contributed by atoms with Crippen molar-refractivity contribution in [2.24, 2.45) is 0 Å². The molecule has 4 nitrogen and oxygen atoms in total. The fourth-order valence-electron chi connectivity index (χ4n) is 4.85. The van der Waals surface area contributed by atoms with Gasteiger partial charge in [-0.25, -0.2) is 0 Å². The minimum atomic E-state index is -0.0590. The molecule has 3 aromatic carbocycles. The summed E-state index contributed by atoms with van der Waals surface area (Å²) in [7, 11) is 0. The molecule has 2 atom stereocenters. The summed E-state index contributed by atoms with van der Waals surface area (Å²) < 4.78 is 5.97. The Hall–Kier alpha value is -3.63. The third-order valence-corrected chi connectivity index (χ3v) is 6.51. The van der Waals surface area contributed by atoms with E-state index in [4.69, 9.17) is 9.84 Å². The molecular weight excluding hydrogens is 410 g/mol. The van der Waals surface area contributed by atoms with Gasteiger partial charge in [0.15, 0.2) is 0 Å². The smallest absolute Gasteiger partial charge is 0.119 e. The van der Waals surface area contributed by atoms with Crippen LogP contribution in [0.3, 0.4) is 0 Å². The maximum Gasteiger partial charge on any atom is 0.119 e. The average molecular weight is 438 g/mol. The van der Waals surface area contributed by atoms with Crippen molar-refractivity contribution in [1.29, 1.82) is 0 Å². The molecule has 0 fully saturated rings. The van der Waals surface area contributed by atoms with Crippen molar-refractivity contribution < 1.29 is 14.9 Å². The number of fused-ring (bicyclic) bond motifs is 1. The van der Waals surface area contributed by atoms with Crippen LogP contribution in [0.25, 0.3) is 0 Å². The van der Waals surface area contributed by atoms with E-state index in [1.165, 1.54) is 22.3 Å². The highest BCUT2D eigenvalue weighted by Gasteiger charge is 2.32. The first-order valence-corrected chi connectivity index (χ1v) is 11.4. The average Bonchev–Trinajstić information content (AvgIpc) is 2.88. The second-order valence-corrected chi connectivity index (χ2v) is 8.59. The van der Waals surface area contributed by atoms with Crippen molar-refractivity contribution in [1.82, 2.24) is 4.98 Å². The Kier molecular flexibility index (Phi) is 6.09. The van der Waals surface area contributed by atoms with E-state index >= 15 is 0 Å². The highest BCUT2D eigenvalue weighted by molar-refractivity contribution is 5.48. The number of ether oxygens (including phenoxy) is 1. The Morgan fingerprint density at radius 3 is 2.42 bits per heavy atom. The van der Waals surface area contributed by atoms with Gasteiger partial charge in [-0.3, -0.25) is 4.98 Å². The number of aromatic nitrogens is 1. The van der Waals surface area contributed by atoms with Crippen molar-refractivity contribution in [3.63, 3.8) is 0 Å². The van der Waals surface area contributed by atoms with Crippen LogP contribution in [-0.4, -0.2) is 15.2 Å². The summed E-state index contributed by atoms with van der Waals surface area (Å²) in [6.45, 7) is 0.368. The lowest BCUT2D eigenvalue weighted by Crippen LogP contribution is -2.20. The molecule has 0 unspecified atom stereocenters. The highest BCUT2D eigenvalue weighted by Crippen LogP contribution is 2.47. The van der Waals surface area contributed by atoms with Gasteiger partial charge in [-0.2, -0.15) is 0 Å². The van der Waals surface area contributed by atoms with E-state index in [9.17, 15) is 5.11 Å². The topological polar surface area (TPSA) is 62.6 Å². The van der Waals surface area contributed by atoms with E-state index in [1.54, 1.807) is 12.3 Å². The fourth-order valence-corrected chi connectivity index (χ4v) is 4.85. The maximum absolute atomic E-state index is 10.0. The number of phenols is 1. The van der Waals surface area contributed by atoms with Crippen LogP contribution in [0.1, 0.15) is 51.8 Å². The molecule has 166 valence electrons. The van der Waals surface area contributed by atoms with Gasteiger partial charge in [0.2, 0.25) is 0 Å². The number of pyridine rings is 1. The molecule has 4 heteroatoms. The lowest BCUT2D eigenvalue weighted by atomic mass is 9.69. The second kappa shape index (κ2) is 9.47. The summed E-state index contributed by atoms with van der Waals surface area (Å²) in [5.41, 5.74) is 6.72. The SMILES string of the molecule is OCc1ccc(COc2ccc([C@@H]3c4ccc(O)cc4CC[C@@H]3c3ccccc3)cc2)cn1. The Balaban J connectivity index is 1.40.